The molecule has 0 radical (unpaired) electrons. The van der Waals surface area contributed by atoms with Crippen molar-refractivity contribution in [3.05, 3.63) is 0 Å². The van der Waals surface area contributed by atoms with Gasteiger partial charge in [0.15, 0.2) is 0 Å². The minimum absolute atomic E-state index is 0.941. The van der Waals surface area contributed by atoms with Crippen LogP contribution >= 0.6 is 6.60 Å². The first-order valence-corrected chi connectivity index (χ1v) is 12.7. The molecule has 0 rings (SSSR count). The van der Waals surface area contributed by atoms with E-state index in [-0.39, 0.29) is 0 Å². The van der Waals surface area contributed by atoms with E-state index in [1.165, 1.54) is 0 Å². The molecule has 0 aromatic carbocycles. The van der Waals surface area contributed by atoms with Gasteiger partial charge in [0, 0.05) is 0 Å². The first-order valence-electron chi connectivity index (χ1n) is 9.74. The van der Waals surface area contributed by atoms with Gasteiger partial charge in [0.1, 0.15) is 0 Å². The molecule has 0 aromatic rings. The van der Waals surface area contributed by atoms with Crippen LogP contribution in [-0.4, -0.2) is 29.8 Å². The molecule has 0 amide bonds. The van der Waals surface area contributed by atoms with E-state index in [0.29, 0.717) is 0 Å². The molecule has 24 heavy (non-hydrogen) atoms. The van der Waals surface area contributed by atoms with E-state index in [0.717, 1.165) is 76.0 Å². The molecule has 0 atom stereocenters. The van der Waals surface area contributed by atoms with Crippen LogP contribution < -0.4 is 0 Å². The maximum absolute atomic E-state index is 10.0. The van der Waals surface area contributed by atoms with Gasteiger partial charge < -0.3 is 0 Å². The molecule has 0 bridgehead atoms. The fourth-order valence-electron chi connectivity index (χ4n) is 4.13. The van der Waals surface area contributed by atoms with Crippen LogP contribution in [0.2, 0.25) is 0 Å². The fraction of sp³-hybridized carbons (Fsp3) is 0.850. The van der Waals surface area contributed by atoms with Crippen molar-refractivity contribution in [1.82, 2.24) is 0 Å². The second-order valence-electron chi connectivity index (χ2n) is 7.33. The van der Waals surface area contributed by atoms with Crippen molar-refractivity contribution in [1.29, 1.82) is 15.8 Å². The molecule has 0 N–H and O–H groups in total. The third kappa shape index (κ3) is 4.29. The maximum atomic E-state index is 10.0. The normalized spacial score (nSPS) is 13.3. The quantitative estimate of drug-likeness (QED) is 0.380. The molecule has 0 saturated carbocycles. The molecule has 0 heterocycles. The third-order valence-electron chi connectivity index (χ3n) is 5.83. The molecule has 0 fully saturated rings. The van der Waals surface area contributed by atoms with Gasteiger partial charge in [-0.05, 0) is 0 Å². The number of hydrogen-bond acceptors (Lipinski definition) is 3. The average Bonchev–Trinajstić information content (AvgIpc) is 2.63. The Labute approximate surface area is 150 Å². The van der Waals surface area contributed by atoms with Crippen molar-refractivity contribution in [2.45, 2.75) is 84.2 Å². The Bertz CT molecular complexity index is 413. The topological polar surface area (TPSA) is 71.4 Å². The molecule has 3 nitrogen and oxygen atoms in total. The van der Waals surface area contributed by atoms with Gasteiger partial charge in [-0.15, -0.1) is 0 Å². The van der Waals surface area contributed by atoms with Crippen LogP contribution in [-0.2, 0) is 0 Å². The standard InChI is InChI=1S/C20H36N3P/c1-5-9-13-24(14-10-6-2,15-11-7-3,16-12-8-4)20(17-21,18-22)19-23/h5-16H2,1-4H3. The van der Waals surface area contributed by atoms with E-state index in [2.05, 4.69) is 45.9 Å². The molecule has 0 aromatic heterocycles. The zero-order valence-corrected chi connectivity index (χ0v) is 17.2. The van der Waals surface area contributed by atoms with Gasteiger partial charge in [-0.1, -0.05) is 0 Å². The molecule has 0 aliphatic heterocycles. The molecule has 0 unspecified atom stereocenters. The van der Waals surface area contributed by atoms with Crippen LogP contribution in [0.4, 0.5) is 0 Å². The van der Waals surface area contributed by atoms with Gasteiger partial charge in [0.25, 0.3) is 0 Å². The summed E-state index contributed by atoms with van der Waals surface area (Å²) in [5.74, 6) is 0. The molecule has 4 heteroatoms. The molecule has 0 saturated heterocycles. The zero-order chi connectivity index (χ0) is 18.6. The summed E-state index contributed by atoms with van der Waals surface area (Å²) in [6.45, 7) is 5.86. The van der Waals surface area contributed by atoms with Gasteiger partial charge >= 0.3 is 149 Å². The van der Waals surface area contributed by atoms with Gasteiger partial charge in [-0.2, -0.15) is 0 Å². The Balaban J connectivity index is 6.51. The van der Waals surface area contributed by atoms with Crippen molar-refractivity contribution >= 4 is 6.60 Å². The summed E-state index contributed by atoms with van der Waals surface area (Å²) in [6, 6.07) is 6.80. The Morgan fingerprint density at radius 2 is 0.833 bits per heavy atom. The molecule has 0 aliphatic rings. The van der Waals surface area contributed by atoms with Crippen molar-refractivity contribution in [3.63, 3.8) is 0 Å². The summed E-state index contributed by atoms with van der Waals surface area (Å²) >= 11 is 0. The molecular weight excluding hydrogens is 313 g/mol. The van der Waals surface area contributed by atoms with Gasteiger partial charge in [-0.3, -0.25) is 0 Å². The number of unbranched alkanes of at least 4 members (excludes halogenated alkanes) is 4. The third-order valence-corrected chi connectivity index (χ3v) is 14.0. The summed E-state index contributed by atoms with van der Waals surface area (Å²) in [4.78, 5) is 0. The predicted octanol–water partition coefficient (Wildman–Crippen LogP) is 6.05. The first-order chi connectivity index (χ1) is 11.5. The van der Waals surface area contributed by atoms with Crippen LogP contribution in [0.5, 0.6) is 0 Å². The Morgan fingerprint density at radius 3 is 1.00 bits per heavy atom. The van der Waals surface area contributed by atoms with Crippen molar-refractivity contribution in [3.8, 4) is 18.2 Å². The van der Waals surface area contributed by atoms with Crippen LogP contribution in [0, 0.1) is 34.0 Å². The molecule has 136 valence electrons. The average molecular weight is 350 g/mol. The number of rotatable bonds is 13. The van der Waals surface area contributed by atoms with Gasteiger partial charge in [-0.25, -0.2) is 0 Å². The second-order valence-corrected chi connectivity index (χ2v) is 13.7. The van der Waals surface area contributed by atoms with E-state index in [1.807, 2.05) is 0 Å². The van der Waals surface area contributed by atoms with E-state index >= 15 is 0 Å². The summed E-state index contributed by atoms with van der Waals surface area (Å²) in [7, 11) is 0. The van der Waals surface area contributed by atoms with Crippen LogP contribution in [0.15, 0.2) is 0 Å². The molecular formula is C20H36N3P. The minimum atomic E-state index is -2.80. The molecule has 0 spiro atoms. The van der Waals surface area contributed by atoms with Crippen LogP contribution in [0.25, 0.3) is 0 Å². The first kappa shape index (κ1) is 22.9. The Kier molecular flexibility index (Phi) is 10.2. The summed E-state index contributed by atoms with van der Waals surface area (Å²) < 4.78 is 0. The van der Waals surface area contributed by atoms with E-state index in [1.54, 1.807) is 0 Å². The van der Waals surface area contributed by atoms with Crippen molar-refractivity contribution in [2.24, 2.45) is 0 Å². The van der Waals surface area contributed by atoms with Crippen molar-refractivity contribution < 1.29 is 0 Å². The summed E-state index contributed by atoms with van der Waals surface area (Å²) in [6.07, 6.45) is 12.1. The number of hydrogen-bond donors (Lipinski definition) is 0. The SMILES string of the molecule is CCCCP(CCCC)(CCCC)(CCCC)C(C#N)(C#N)C#N. The fourth-order valence-corrected chi connectivity index (χ4v) is 12.2. The Morgan fingerprint density at radius 1 is 0.583 bits per heavy atom. The monoisotopic (exact) mass is 349 g/mol. The molecule has 0 aliphatic carbocycles. The van der Waals surface area contributed by atoms with E-state index in [9.17, 15) is 15.8 Å². The number of nitriles is 3. The van der Waals surface area contributed by atoms with E-state index < -0.39 is 11.8 Å². The predicted molar refractivity (Wildman–Crippen MR) is 106 cm³/mol. The zero-order valence-electron chi connectivity index (χ0n) is 16.3. The summed E-state index contributed by atoms with van der Waals surface area (Å²) in [5.41, 5.74) is 0. The van der Waals surface area contributed by atoms with E-state index in [4.69, 9.17) is 0 Å². The van der Waals surface area contributed by atoms with Crippen LogP contribution in [0.1, 0.15) is 79.1 Å². The number of nitrogens with zero attached hydrogens (tertiary/aromatic N) is 3. The van der Waals surface area contributed by atoms with Crippen molar-refractivity contribution in [2.75, 3.05) is 24.6 Å². The van der Waals surface area contributed by atoms with Gasteiger partial charge in [0.05, 0.1) is 0 Å². The van der Waals surface area contributed by atoms with Crippen LogP contribution in [0.3, 0.4) is 0 Å². The summed E-state index contributed by atoms with van der Waals surface area (Å²) in [5, 5.41) is 28.6. The van der Waals surface area contributed by atoms with Gasteiger partial charge in [0.2, 0.25) is 0 Å². The second kappa shape index (κ2) is 10.7. The Hall–Kier alpha value is -1.10.